The minimum atomic E-state index is -0.541. The monoisotopic (exact) mass is 292 g/mol. The molecule has 1 aliphatic rings. The summed E-state index contributed by atoms with van der Waals surface area (Å²) in [6.07, 6.45) is -0.0614. The standard InChI is InChI=1S/C16H24N2O3/c1-12-15(17-9-14(19)11-21-2)8-16(20)18(12)10-13-6-4-3-5-7-13/h3-7,12,14-15,17,19H,8-11H2,1-2H3. The summed E-state index contributed by atoms with van der Waals surface area (Å²) in [7, 11) is 1.56. The van der Waals surface area contributed by atoms with Gasteiger partial charge >= 0.3 is 0 Å². The molecule has 2 rings (SSSR count). The summed E-state index contributed by atoms with van der Waals surface area (Å²) in [6, 6.07) is 10.2. The van der Waals surface area contributed by atoms with E-state index >= 15 is 0 Å². The van der Waals surface area contributed by atoms with Crippen molar-refractivity contribution in [3.8, 4) is 0 Å². The molecule has 21 heavy (non-hydrogen) atoms. The lowest BCUT2D eigenvalue weighted by Gasteiger charge is -2.26. The van der Waals surface area contributed by atoms with Crippen LogP contribution in [-0.4, -0.2) is 54.4 Å². The fourth-order valence-corrected chi connectivity index (χ4v) is 2.71. The number of methoxy groups -OCH3 is 1. The number of nitrogens with one attached hydrogen (secondary N) is 1. The summed E-state index contributed by atoms with van der Waals surface area (Å²) >= 11 is 0. The number of hydrogen-bond acceptors (Lipinski definition) is 4. The van der Waals surface area contributed by atoms with Crippen molar-refractivity contribution in [2.75, 3.05) is 20.3 Å². The van der Waals surface area contributed by atoms with Gasteiger partial charge in [0.1, 0.15) is 0 Å². The van der Waals surface area contributed by atoms with Gasteiger partial charge in [-0.1, -0.05) is 30.3 Å². The van der Waals surface area contributed by atoms with Gasteiger partial charge in [-0.25, -0.2) is 0 Å². The van der Waals surface area contributed by atoms with E-state index in [4.69, 9.17) is 4.74 Å². The molecule has 5 nitrogen and oxygen atoms in total. The van der Waals surface area contributed by atoms with Gasteiger partial charge in [-0.2, -0.15) is 0 Å². The van der Waals surface area contributed by atoms with E-state index < -0.39 is 6.10 Å². The Labute approximate surface area is 125 Å². The molecule has 1 fully saturated rings. The average molecular weight is 292 g/mol. The Morgan fingerprint density at radius 1 is 1.43 bits per heavy atom. The minimum Gasteiger partial charge on any atom is -0.389 e. The number of likely N-dealkylation sites (tertiary alicyclic amines) is 1. The van der Waals surface area contributed by atoms with Crippen molar-refractivity contribution in [2.45, 2.75) is 38.1 Å². The van der Waals surface area contributed by atoms with E-state index in [2.05, 4.69) is 5.32 Å². The number of aliphatic hydroxyl groups is 1. The van der Waals surface area contributed by atoms with Gasteiger partial charge in [0.25, 0.3) is 0 Å². The zero-order chi connectivity index (χ0) is 15.2. The minimum absolute atomic E-state index is 0.0766. The quantitative estimate of drug-likeness (QED) is 0.779. The second-order valence-corrected chi connectivity index (χ2v) is 5.58. The molecule has 1 aromatic rings. The fraction of sp³-hybridized carbons (Fsp3) is 0.562. The van der Waals surface area contributed by atoms with Crippen LogP contribution in [0.4, 0.5) is 0 Å². The van der Waals surface area contributed by atoms with Crippen molar-refractivity contribution in [1.29, 1.82) is 0 Å². The van der Waals surface area contributed by atoms with Gasteiger partial charge in [-0.3, -0.25) is 4.79 Å². The van der Waals surface area contributed by atoms with Crippen LogP contribution in [0.2, 0.25) is 0 Å². The first-order valence-electron chi connectivity index (χ1n) is 7.35. The molecule has 0 bridgehead atoms. The van der Waals surface area contributed by atoms with Crippen LogP contribution in [0.1, 0.15) is 18.9 Å². The highest BCUT2D eigenvalue weighted by atomic mass is 16.5. The van der Waals surface area contributed by atoms with Crippen LogP contribution in [0.15, 0.2) is 30.3 Å². The summed E-state index contributed by atoms with van der Waals surface area (Å²) in [5.41, 5.74) is 1.14. The molecular weight excluding hydrogens is 268 g/mol. The molecule has 3 unspecified atom stereocenters. The average Bonchev–Trinajstić information content (AvgIpc) is 2.74. The molecule has 5 heteroatoms. The highest BCUT2D eigenvalue weighted by Gasteiger charge is 2.36. The molecule has 116 valence electrons. The predicted octanol–water partition coefficient (Wildman–Crippen LogP) is 0.773. The molecule has 0 spiro atoms. The van der Waals surface area contributed by atoms with Crippen molar-refractivity contribution in [1.82, 2.24) is 10.2 Å². The Balaban J connectivity index is 1.89. The fourth-order valence-electron chi connectivity index (χ4n) is 2.71. The maximum absolute atomic E-state index is 12.2. The molecule has 1 amide bonds. The Morgan fingerprint density at radius 3 is 2.81 bits per heavy atom. The SMILES string of the molecule is COCC(O)CNC1CC(=O)N(Cc2ccccc2)C1C. The van der Waals surface area contributed by atoms with Gasteiger partial charge in [-0.05, 0) is 12.5 Å². The molecule has 0 aliphatic carbocycles. The van der Waals surface area contributed by atoms with Crippen LogP contribution < -0.4 is 5.32 Å². The van der Waals surface area contributed by atoms with Gasteiger partial charge in [0.2, 0.25) is 5.91 Å². The number of benzene rings is 1. The third kappa shape index (κ3) is 4.27. The van der Waals surface area contributed by atoms with E-state index in [0.29, 0.717) is 26.1 Å². The van der Waals surface area contributed by atoms with E-state index in [1.54, 1.807) is 7.11 Å². The van der Waals surface area contributed by atoms with Crippen LogP contribution in [-0.2, 0) is 16.1 Å². The topological polar surface area (TPSA) is 61.8 Å². The third-order valence-electron chi connectivity index (χ3n) is 3.96. The van der Waals surface area contributed by atoms with Crippen LogP contribution in [0.5, 0.6) is 0 Å². The summed E-state index contributed by atoms with van der Waals surface area (Å²) in [4.78, 5) is 14.1. The zero-order valence-corrected chi connectivity index (χ0v) is 12.7. The number of nitrogens with zero attached hydrogens (tertiary/aromatic N) is 1. The van der Waals surface area contributed by atoms with Crippen molar-refractivity contribution in [2.24, 2.45) is 0 Å². The molecule has 0 radical (unpaired) electrons. The number of carbonyl (C=O) groups is 1. The normalized spacial score (nSPS) is 23.6. The van der Waals surface area contributed by atoms with Crippen molar-refractivity contribution >= 4 is 5.91 Å². The lowest BCUT2D eigenvalue weighted by atomic mass is 10.1. The summed E-state index contributed by atoms with van der Waals surface area (Å²) in [6.45, 7) is 3.43. The van der Waals surface area contributed by atoms with Crippen LogP contribution >= 0.6 is 0 Å². The summed E-state index contributed by atoms with van der Waals surface area (Å²) in [5.74, 6) is 0.157. The maximum Gasteiger partial charge on any atom is 0.224 e. The first-order valence-corrected chi connectivity index (χ1v) is 7.35. The van der Waals surface area contributed by atoms with Gasteiger partial charge in [-0.15, -0.1) is 0 Å². The van der Waals surface area contributed by atoms with Crippen molar-refractivity contribution in [3.05, 3.63) is 35.9 Å². The molecule has 3 atom stereocenters. The van der Waals surface area contributed by atoms with E-state index in [0.717, 1.165) is 5.56 Å². The Bertz CT molecular complexity index is 452. The first-order chi connectivity index (χ1) is 10.1. The smallest absolute Gasteiger partial charge is 0.224 e. The third-order valence-corrected chi connectivity index (χ3v) is 3.96. The second kappa shape index (κ2) is 7.54. The van der Waals surface area contributed by atoms with Gasteiger partial charge in [0.15, 0.2) is 0 Å². The first kappa shape index (κ1) is 15.9. The maximum atomic E-state index is 12.2. The van der Waals surface area contributed by atoms with Gasteiger partial charge in [0, 0.05) is 38.7 Å². The van der Waals surface area contributed by atoms with Crippen molar-refractivity contribution in [3.63, 3.8) is 0 Å². The molecule has 2 N–H and O–H groups in total. The van der Waals surface area contributed by atoms with E-state index in [9.17, 15) is 9.90 Å². The summed E-state index contributed by atoms with van der Waals surface area (Å²) in [5, 5.41) is 12.9. The molecule has 1 aliphatic heterocycles. The number of hydrogen-bond donors (Lipinski definition) is 2. The molecule has 0 saturated carbocycles. The molecule has 1 saturated heterocycles. The van der Waals surface area contributed by atoms with E-state index in [-0.39, 0.29) is 18.0 Å². The Kier molecular flexibility index (Phi) is 5.73. The highest BCUT2D eigenvalue weighted by Crippen LogP contribution is 2.21. The number of carbonyl (C=O) groups excluding carboxylic acids is 1. The summed E-state index contributed by atoms with van der Waals surface area (Å²) < 4.78 is 4.90. The number of rotatable bonds is 7. The van der Waals surface area contributed by atoms with Crippen LogP contribution in [0.25, 0.3) is 0 Å². The highest BCUT2D eigenvalue weighted by molar-refractivity contribution is 5.80. The molecule has 1 aromatic carbocycles. The molecule has 0 aromatic heterocycles. The lowest BCUT2D eigenvalue weighted by molar-refractivity contribution is -0.129. The predicted molar refractivity (Wildman–Crippen MR) is 80.7 cm³/mol. The Hall–Kier alpha value is -1.43. The van der Waals surface area contributed by atoms with Gasteiger partial charge in [0.05, 0.1) is 12.7 Å². The zero-order valence-electron chi connectivity index (χ0n) is 12.7. The van der Waals surface area contributed by atoms with Crippen molar-refractivity contribution < 1.29 is 14.6 Å². The largest absolute Gasteiger partial charge is 0.389 e. The molecular formula is C16H24N2O3. The number of ether oxygens (including phenoxy) is 1. The molecule has 1 heterocycles. The van der Waals surface area contributed by atoms with E-state index in [1.807, 2.05) is 42.2 Å². The van der Waals surface area contributed by atoms with Crippen LogP contribution in [0.3, 0.4) is 0 Å². The second-order valence-electron chi connectivity index (χ2n) is 5.58. The number of aliphatic hydroxyl groups excluding tert-OH is 1. The Morgan fingerprint density at radius 2 is 2.14 bits per heavy atom. The van der Waals surface area contributed by atoms with Crippen LogP contribution in [0, 0.1) is 0 Å². The number of amides is 1. The van der Waals surface area contributed by atoms with Gasteiger partial charge < -0.3 is 20.1 Å². The van der Waals surface area contributed by atoms with E-state index in [1.165, 1.54) is 0 Å². The lowest BCUT2D eigenvalue weighted by Crippen LogP contribution is -2.44.